The first kappa shape index (κ1) is 23.5. The molecule has 0 radical (unpaired) electrons. The fraction of sp³-hybridized carbons (Fsp3) is 0.444. The van der Waals surface area contributed by atoms with E-state index in [0.29, 0.717) is 0 Å². The van der Waals surface area contributed by atoms with Crippen LogP contribution in [0.3, 0.4) is 0 Å². The highest BCUT2D eigenvalue weighted by atomic mass is 15.2. The molecule has 4 rings (SSSR count). The SMILES string of the molecule is c1ccc(CN2CCCN(Cc3ccccn3)CCCN(Cc3ccccn3)CCC2)nc1. The second kappa shape index (κ2) is 13.1. The van der Waals surface area contributed by atoms with E-state index < -0.39 is 0 Å². The molecule has 0 aromatic carbocycles. The van der Waals surface area contributed by atoms with Crippen LogP contribution in [0.2, 0.25) is 0 Å². The summed E-state index contributed by atoms with van der Waals surface area (Å²) < 4.78 is 0. The molecule has 0 atom stereocenters. The van der Waals surface area contributed by atoms with E-state index in [1.54, 1.807) is 0 Å². The van der Waals surface area contributed by atoms with Crippen molar-refractivity contribution in [2.24, 2.45) is 0 Å². The Kier molecular flexibility index (Phi) is 9.35. The minimum Gasteiger partial charge on any atom is -0.297 e. The van der Waals surface area contributed by atoms with E-state index in [-0.39, 0.29) is 0 Å². The Balaban J connectivity index is 1.42. The highest BCUT2D eigenvalue weighted by Crippen LogP contribution is 2.11. The lowest BCUT2D eigenvalue weighted by molar-refractivity contribution is 0.170. The molecule has 0 N–H and O–H groups in total. The fourth-order valence-electron chi connectivity index (χ4n) is 4.53. The second-order valence-corrected chi connectivity index (χ2v) is 8.85. The van der Waals surface area contributed by atoms with Crippen LogP contribution >= 0.6 is 0 Å². The molecule has 0 spiro atoms. The molecule has 1 aliphatic rings. The van der Waals surface area contributed by atoms with Gasteiger partial charge in [0.1, 0.15) is 0 Å². The van der Waals surface area contributed by atoms with E-state index >= 15 is 0 Å². The quantitative estimate of drug-likeness (QED) is 0.575. The van der Waals surface area contributed by atoms with Gasteiger partial charge in [-0.05, 0) is 94.9 Å². The molecule has 4 heterocycles. The highest BCUT2D eigenvalue weighted by molar-refractivity contribution is 5.05. The van der Waals surface area contributed by atoms with Crippen molar-refractivity contribution < 1.29 is 0 Å². The van der Waals surface area contributed by atoms with Crippen molar-refractivity contribution in [2.45, 2.75) is 38.9 Å². The Morgan fingerprint density at radius 2 is 0.758 bits per heavy atom. The van der Waals surface area contributed by atoms with Gasteiger partial charge in [-0.15, -0.1) is 0 Å². The maximum atomic E-state index is 4.56. The first-order valence-electron chi connectivity index (χ1n) is 12.2. The summed E-state index contributed by atoms with van der Waals surface area (Å²) in [7, 11) is 0. The molecule has 0 amide bonds. The molecule has 6 heteroatoms. The zero-order chi connectivity index (χ0) is 22.6. The van der Waals surface area contributed by atoms with Crippen molar-refractivity contribution >= 4 is 0 Å². The summed E-state index contributed by atoms with van der Waals surface area (Å²) in [5, 5.41) is 0. The standard InChI is InChI=1S/C27H36N6/c1-4-13-28-25(10-1)22-31-16-7-18-32(23-26-11-2-5-14-29-26)20-9-21-33(19-8-17-31)24-27-12-3-6-15-30-27/h1-6,10-15H,7-9,16-24H2. The van der Waals surface area contributed by atoms with Gasteiger partial charge in [0, 0.05) is 38.2 Å². The summed E-state index contributed by atoms with van der Waals surface area (Å²) in [5.41, 5.74) is 3.46. The third-order valence-electron chi connectivity index (χ3n) is 6.18. The lowest BCUT2D eigenvalue weighted by Gasteiger charge is -2.30. The van der Waals surface area contributed by atoms with Gasteiger partial charge in [-0.2, -0.15) is 0 Å². The van der Waals surface area contributed by atoms with Gasteiger partial charge in [-0.1, -0.05) is 18.2 Å². The zero-order valence-corrected chi connectivity index (χ0v) is 19.6. The number of pyridine rings is 3. The number of nitrogens with zero attached hydrogens (tertiary/aromatic N) is 6. The van der Waals surface area contributed by atoms with E-state index in [4.69, 9.17) is 0 Å². The van der Waals surface area contributed by atoms with Crippen LogP contribution in [0.1, 0.15) is 36.3 Å². The normalized spacial score (nSPS) is 17.8. The third-order valence-corrected chi connectivity index (χ3v) is 6.18. The summed E-state index contributed by atoms with van der Waals surface area (Å²) in [6, 6.07) is 18.6. The van der Waals surface area contributed by atoms with E-state index in [2.05, 4.69) is 66.0 Å². The lowest BCUT2D eigenvalue weighted by atomic mass is 10.2. The molecular formula is C27H36N6. The predicted octanol–water partition coefficient (Wildman–Crippen LogP) is 3.86. The van der Waals surface area contributed by atoms with Gasteiger partial charge in [-0.3, -0.25) is 29.7 Å². The van der Waals surface area contributed by atoms with E-state index in [9.17, 15) is 0 Å². The first-order valence-corrected chi connectivity index (χ1v) is 12.2. The van der Waals surface area contributed by atoms with Crippen LogP contribution in [0.15, 0.2) is 73.2 Å². The van der Waals surface area contributed by atoms with E-state index in [1.807, 2.05) is 36.8 Å². The molecule has 1 saturated heterocycles. The molecule has 0 saturated carbocycles. The van der Waals surface area contributed by atoms with Crippen LogP contribution in [-0.4, -0.2) is 68.9 Å². The molecule has 0 bridgehead atoms. The number of hydrogen-bond donors (Lipinski definition) is 0. The third kappa shape index (κ3) is 8.31. The molecule has 6 nitrogen and oxygen atoms in total. The Labute approximate surface area is 198 Å². The van der Waals surface area contributed by atoms with Crippen LogP contribution in [0, 0.1) is 0 Å². The monoisotopic (exact) mass is 444 g/mol. The number of rotatable bonds is 6. The largest absolute Gasteiger partial charge is 0.297 e. The molecule has 1 fully saturated rings. The van der Waals surface area contributed by atoms with Crippen LogP contribution in [0.25, 0.3) is 0 Å². The summed E-state index contributed by atoms with van der Waals surface area (Å²) in [5.74, 6) is 0. The number of aromatic nitrogens is 3. The molecule has 174 valence electrons. The van der Waals surface area contributed by atoms with Crippen molar-refractivity contribution in [3.05, 3.63) is 90.3 Å². The van der Waals surface area contributed by atoms with Gasteiger partial charge >= 0.3 is 0 Å². The Morgan fingerprint density at radius 1 is 0.455 bits per heavy atom. The Bertz CT molecular complexity index is 771. The zero-order valence-electron chi connectivity index (χ0n) is 19.6. The summed E-state index contributed by atoms with van der Waals surface area (Å²) in [4.78, 5) is 21.4. The topological polar surface area (TPSA) is 48.4 Å². The Hall–Kier alpha value is -2.67. The summed E-state index contributed by atoms with van der Waals surface area (Å²) in [6.07, 6.45) is 9.19. The van der Waals surface area contributed by atoms with Crippen LogP contribution in [-0.2, 0) is 19.6 Å². The molecule has 0 unspecified atom stereocenters. The van der Waals surface area contributed by atoms with E-state index in [0.717, 1.165) is 95.2 Å². The van der Waals surface area contributed by atoms with E-state index in [1.165, 1.54) is 0 Å². The van der Waals surface area contributed by atoms with Crippen LogP contribution < -0.4 is 0 Å². The molecular weight excluding hydrogens is 408 g/mol. The molecule has 3 aromatic heterocycles. The molecule has 1 aliphatic heterocycles. The van der Waals surface area contributed by atoms with Crippen LogP contribution in [0.5, 0.6) is 0 Å². The summed E-state index contributed by atoms with van der Waals surface area (Å²) in [6.45, 7) is 9.31. The fourth-order valence-corrected chi connectivity index (χ4v) is 4.53. The number of hydrogen-bond acceptors (Lipinski definition) is 6. The van der Waals surface area contributed by atoms with Gasteiger partial charge < -0.3 is 0 Å². The average Bonchev–Trinajstić information content (AvgIpc) is 2.85. The van der Waals surface area contributed by atoms with Crippen molar-refractivity contribution in [1.29, 1.82) is 0 Å². The van der Waals surface area contributed by atoms with Crippen molar-refractivity contribution in [1.82, 2.24) is 29.7 Å². The smallest absolute Gasteiger partial charge is 0.0543 e. The molecule has 0 aliphatic carbocycles. The van der Waals surface area contributed by atoms with Gasteiger partial charge in [0.05, 0.1) is 17.1 Å². The molecule has 33 heavy (non-hydrogen) atoms. The minimum atomic E-state index is 0.918. The summed E-state index contributed by atoms with van der Waals surface area (Å²) >= 11 is 0. The van der Waals surface area contributed by atoms with Crippen molar-refractivity contribution in [3.8, 4) is 0 Å². The van der Waals surface area contributed by atoms with Crippen molar-refractivity contribution in [3.63, 3.8) is 0 Å². The lowest BCUT2D eigenvalue weighted by Crippen LogP contribution is -2.36. The van der Waals surface area contributed by atoms with Crippen LogP contribution in [0.4, 0.5) is 0 Å². The average molecular weight is 445 g/mol. The van der Waals surface area contributed by atoms with Crippen molar-refractivity contribution in [2.75, 3.05) is 39.3 Å². The van der Waals surface area contributed by atoms with Gasteiger partial charge in [0.15, 0.2) is 0 Å². The maximum absolute atomic E-state index is 4.56. The molecule has 3 aromatic rings. The second-order valence-electron chi connectivity index (χ2n) is 8.85. The van der Waals surface area contributed by atoms with Gasteiger partial charge in [0.2, 0.25) is 0 Å². The van der Waals surface area contributed by atoms with Gasteiger partial charge in [-0.25, -0.2) is 0 Å². The Morgan fingerprint density at radius 3 is 1.00 bits per heavy atom. The first-order chi connectivity index (χ1) is 16.3. The highest BCUT2D eigenvalue weighted by Gasteiger charge is 2.14. The maximum Gasteiger partial charge on any atom is 0.0543 e. The minimum absolute atomic E-state index is 0.918. The predicted molar refractivity (Wildman–Crippen MR) is 132 cm³/mol. The van der Waals surface area contributed by atoms with Gasteiger partial charge in [0.25, 0.3) is 0 Å².